The predicted molar refractivity (Wildman–Crippen MR) is 128 cm³/mol. The lowest BCUT2D eigenvalue weighted by Crippen LogP contribution is -2.50. The van der Waals surface area contributed by atoms with Crippen LogP contribution in [0.5, 0.6) is 5.88 Å². The second kappa shape index (κ2) is 8.91. The number of rotatable bonds is 4. The van der Waals surface area contributed by atoms with Crippen molar-refractivity contribution in [2.45, 2.75) is 38.2 Å². The molecule has 0 unspecified atom stereocenters. The first-order valence-electron chi connectivity index (χ1n) is 10.7. The van der Waals surface area contributed by atoms with Gasteiger partial charge in [-0.05, 0) is 39.8 Å². The molecule has 12 heteroatoms. The fourth-order valence-corrected chi connectivity index (χ4v) is 5.27. The van der Waals surface area contributed by atoms with E-state index in [0.29, 0.717) is 31.1 Å². The molecule has 3 aromatic rings. The number of anilines is 1. The Morgan fingerprint density at radius 2 is 1.74 bits per heavy atom. The number of ether oxygens (including phenoxy) is 1. The lowest BCUT2D eigenvalue weighted by Gasteiger charge is -2.35. The van der Waals surface area contributed by atoms with Gasteiger partial charge in [0.25, 0.3) is 5.56 Å². The zero-order valence-corrected chi connectivity index (χ0v) is 21.0. The van der Waals surface area contributed by atoms with Crippen LogP contribution in [-0.4, -0.2) is 60.6 Å². The van der Waals surface area contributed by atoms with Gasteiger partial charge in [-0.25, -0.2) is 4.79 Å². The van der Waals surface area contributed by atoms with Crippen LogP contribution in [0.2, 0.25) is 0 Å². The quantitative estimate of drug-likeness (QED) is 0.497. The van der Waals surface area contributed by atoms with Crippen molar-refractivity contribution in [3.63, 3.8) is 0 Å². The molecule has 0 bridgehead atoms. The van der Waals surface area contributed by atoms with Crippen LogP contribution < -0.4 is 14.6 Å². The van der Waals surface area contributed by atoms with Gasteiger partial charge < -0.3 is 18.7 Å². The lowest BCUT2D eigenvalue weighted by atomic mass is 10.2. The van der Waals surface area contributed by atoms with Crippen LogP contribution in [0.15, 0.2) is 46.2 Å². The normalized spacial score (nSPS) is 14.9. The first-order chi connectivity index (χ1) is 15.9. The highest BCUT2D eigenvalue weighted by Crippen LogP contribution is 2.27. The summed E-state index contributed by atoms with van der Waals surface area (Å²) in [5.74, 6) is -0.284. The number of hydrogen-bond acceptors (Lipinski definition) is 9. The Balaban J connectivity index is 1.50. The van der Waals surface area contributed by atoms with E-state index in [1.165, 1.54) is 27.9 Å². The van der Waals surface area contributed by atoms with Crippen molar-refractivity contribution in [2.75, 3.05) is 31.1 Å². The minimum atomic E-state index is -4.12. The Labute approximate surface area is 201 Å². The minimum absolute atomic E-state index is 0.0187. The van der Waals surface area contributed by atoms with Crippen molar-refractivity contribution >= 4 is 37.5 Å². The Bertz CT molecular complexity index is 1370. The summed E-state index contributed by atoms with van der Waals surface area (Å²) in [6, 6.07) is 7.26. The van der Waals surface area contributed by atoms with Gasteiger partial charge in [-0.15, -0.1) is 0 Å². The number of amides is 1. The molecule has 0 aliphatic carbocycles. The van der Waals surface area contributed by atoms with Crippen molar-refractivity contribution in [3.8, 4) is 5.88 Å². The molecule has 1 amide bonds. The Morgan fingerprint density at radius 1 is 1.09 bits per heavy atom. The van der Waals surface area contributed by atoms with Crippen molar-refractivity contribution < 1.29 is 22.1 Å². The number of aromatic nitrogens is 2. The van der Waals surface area contributed by atoms with Crippen LogP contribution in [0.4, 0.5) is 9.80 Å². The molecule has 3 heterocycles. The van der Waals surface area contributed by atoms with Crippen LogP contribution in [0.1, 0.15) is 26.3 Å². The monoisotopic (exact) mass is 506 g/mol. The van der Waals surface area contributed by atoms with Gasteiger partial charge >= 0.3 is 16.2 Å². The molecule has 1 aromatic carbocycles. The number of aryl methyl sites for hydroxylation is 1. The van der Waals surface area contributed by atoms with Gasteiger partial charge in [-0.2, -0.15) is 13.4 Å². The van der Waals surface area contributed by atoms with Crippen LogP contribution in [0.25, 0.3) is 4.96 Å². The summed E-state index contributed by atoms with van der Waals surface area (Å²) in [5, 5.41) is 0.784. The van der Waals surface area contributed by atoms with Gasteiger partial charge in [0.15, 0.2) is 0 Å². The molecule has 1 aliphatic heterocycles. The van der Waals surface area contributed by atoms with E-state index in [9.17, 15) is 18.0 Å². The van der Waals surface area contributed by atoms with Crippen LogP contribution >= 0.6 is 11.3 Å². The number of benzene rings is 1. The molecule has 10 nitrogen and oxygen atoms in total. The topological polar surface area (TPSA) is 111 Å². The molecule has 1 aliphatic rings. The summed E-state index contributed by atoms with van der Waals surface area (Å²) in [6.07, 6.45) is 1.31. The SMILES string of the molecule is Cc1ccc(S(=O)(=O)Oc2cc(=O)n3cc(N4CCN(C(=O)OC(C)(C)C)CC4)sc3n2)cc1. The van der Waals surface area contributed by atoms with Gasteiger partial charge in [0, 0.05) is 32.4 Å². The number of nitrogens with zero attached hydrogens (tertiary/aromatic N) is 4. The smallest absolute Gasteiger partial charge is 0.410 e. The molecule has 0 spiro atoms. The van der Waals surface area contributed by atoms with Gasteiger partial charge in [-0.1, -0.05) is 29.0 Å². The number of carbonyl (C=O) groups excluding carboxylic acids is 1. The number of carbonyl (C=O) groups is 1. The third-order valence-corrected chi connectivity index (χ3v) is 7.36. The van der Waals surface area contributed by atoms with Crippen LogP contribution in [-0.2, 0) is 14.9 Å². The number of piperazine rings is 1. The van der Waals surface area contributed by atoms with Crippen molar-refractivity contribution in [3.05, 3.63) is 52.4 Å². The maximum Gasteiger partial charge on any atom is 0.410 e. The van der Waals surface area contributed by atoms with E-state index in [4.69, 9.17) is 8.92 Å². The van der Waals surface area contributed by atoms with E-state index in [1.54, 1.807) is 23.2 Å². The van der Waals surface area contributed by atoms with E-state index in [2.05, 4.69) is 4.98 Å². The van der Waals surface area contributed by atoms with E-state index < -0.39 is 21.3 Å². The maximum atomic E-state index is 12.6. The highest BCUT2D eigenvalue weighted by molar-refractivity contribution is 7.87. The zero-order valence-electron chi connectivity index (χ0n) is 19.3. The summed E-state index contributed by atoms with van der Waals surface area (Å²) in [7, 11) is -4.12. The van der Waals surface area contributed by atoms with Gasteiger partial charge in [0.05, 0.1) is 6.07 Å². The highest BCUT2D eigenvalue weighted by atomic mass is 32.2. The van der Waals surface area contributed by atoms with Gasteiger partial charge in [-0.3, -0.25) is 9.20 Å². The molecular formula is C22H26N4O6S2. The molecular weight excluding hydrogens is 480 g/mol. The fraction of sp³-hybridized carbons (Fsp3) is 0.409. The Kier molecular flexibility index (Phi) is 6.30. The van der Waals surface area contributed by atoms with E-state index in [0.717, 1.165) is 16.6 Å². The van der Waals surface area contributed by atoms with Crippen molar-refractivity contribution in [2.24, 2.45) is 0 Å². The predicted octanol–water partition coefficient (Wildman–Crippen LogP) is 2.89. The van der Waals surface area contributed by atoms with Gasteiger partial charge in [0.1, 0.15) is 15.5 Å². The third-order valence-electron chi connectivity index (χ3n) is 5.08. The summed E-state index contributed by atoms with van der Waals surface area (Å²) in [6.45, 7) is 9.41. The zero-order chi connectivity index (χ0) is 24.7. The first-order valence-corrected chi connectivity index (χ1v) is 12.9. The molecule has 0 atom stereocenters. The lowest BCUT2D eigenvalue weighted by molar-refractivity contribution is 0.0241. The largest absolute Gasteiger partial charge is 0.444 e. The Hall–Kier alpha value is -3.12. The van der Waals surface area contributed by atoms with E-state index in [1.807, 2.05) is 32.6 Å². The molecule has 1 fully saturated rings. The maximum absolute atomic E-state index is 12.6. The fourth-order valence-electron chi connectivity index (χ4n) is 3.36. The first kappa shape index (κ1) is 24.0. The number of fused-ring (bicyclic) bond motifs is 1. The standard InChI is InChI=1S/C22H26N4O6S2/c1-15-5-7-16(8-6-15)34(29,30)32-17-13-18(27)26-14-19(33-20(26)23-17)24-9-11-25(12-10-24)21(28)31-22(2,3)4/h5-8,13-14H,9-12H2,1-4H3. The summed E-state index contributed by atoms with van der Waals surface area (Å²) in [4.78, 5) is 33.1. The number of hydrogen-bond donors (Lipinski definition) is 0. The minimum Gasteiger partial charge on any atom is -0.444 e. The molecule has 0 N–H and O–H groups in total. The summed E-state index contributed by atoms with van der Waals surface area (Å²) < 4.78 is 37.0. The average molecular weight is 507 g/mol. The third kappa shape index (κ3) is 5.33. The molecule has 1 saturated heterocycles. The molecule has 182 valence electrons. The van der Waals surface area contributed by atoms with E-state index in [-0.39, 0.29) is 16.9 Å². The molecule has 0 saturated carbocycles. The van der Waals surface area contributed by atoms with Crippen molar-refractivity contribution in [1.82, 2.24) is 14.3 Å². The average Bonchev–Trinajstić information content (AvgIpc) is 3.17. The second-order valence-corrected chi connectivity index (χ2v) is 11.5. The molecule has 34 heavy (non-hydrogen) atoms. The summed E-state index contributed by atoms with van der Waals surface area (Å²) >= 11 is 1.24. The highest BCUT2D eigenvalue weighted by Gasteiger charge is 2.27. The second-order valence-electron chi connectivity index (χ2n) is 8.96. The molecule has 2 aromatic heterocycles. The van der Waals surface area contributed by atoms with Crippen LogP contribution in [0, 0.1) is 6.92 Å². The van der Waals surface area contributed by atoms with Crippen molar-refractivity contribution in [1.29, 1.82) is 0 Å². The molecule has 0 radical (unpaired) electrons. The Morgan fingerprint density at radius 3 is 2.35 bits per heavy atom. The summed E-state index contributed by atoms with van der Waals surface area (Å²) in [5.41, 5.74) is -0.0945. The van der Waals surface area contributed by atoms with E-state index >= 15 is 0 Å². The molecule has 4 rings (SSSR count). The van der Waals surface area contributed by atoms with Crippen LogP contribution in [0.3, 0.4) is 0 Å². The number of thiazole rings is 1. The van der Waals surface area contributed by atoms with Gasteiger partial charge in [0.2, 0.25) is 10.8 Å².